The number of carbonyl (C=O) groups is 1. The fourth-order valence-electron chi connectivity index (χ4n) is 3.38. The molecular formula is C21H18N6O2S3. The van der Waals surface area contributed by atoms with E-state index in [9.17, 15) is 4.79 Å². The molecule has 3 aromatic heterocycles. The van der Waals surface area contributed by atoms with Crippen LogP contribution in [0, 0.1) is 0 Å². The van der Waals surface area contributed by atoms with Gasteiger partial charge in [-0.05, 0) is 57.6 Å². The standard InChI is InChI=1S/C21H18N6O2S3/c1-29-15-8-6-14(7-9-15)26-21(22-24-25-26)32-13-20(28)27-17(19-5-3-11-31-19)12-16(23-27)18-4-2-10-30-18/h2-11,17H,12-13H2,1H3. The Morgan fingerprint density at radius 2 is 1.97 bits per heavy atom. The highest BCUT2D eigenvalue weighted by Gasteiger charge is 2.34. The van der Waals surface area contributed by atoms with E-state index in [0.29, 0.717) is 11.6 Å². The van der Waals surface area contributed by atoms with E-state index in [1.165, 1.54) is 11.8 Å². The van der Waals surface area contributed by atoms with Gasteiger partial charge in [-0.15, -0.1) is 27.8 Å². The Morgan fingerprint density at radius 1 is 1.16 bits per heavy atom. The summed E-state index contributed by atoms with van der Waals surface area (Å²) in [6.07, 6.45) is 0.709. The topological polar surface area (TPSA) is 85.5 Å². The van der Waals surface area contributed by atoms with Crippen LogP contribution < -0.4 is 4.74 Å². The number of carbonyl (C=O) groups excluding carboxylic acids is 1. The Balaban J connectivity index is 1.33. The maximum atomic E-state index is 13.2. The summed E-state index contributed by atoms with van der Waals surface area (Å²) in [5.41, 5.74) is 1.74. The summed E-state index contributed by atoms with van der Waals surface area (Å²) in [6, 6.07) is 15.4. The molecule has 8 nitrogen and oxygen atoms in total. The molecule has 0 saturated heterocycles. The van der Waals surface area contributed by atoms with E-state index in [2.05, 4.69) is 21.6 Å². The Bertz CT molecular complexity index is 1220. The largest absolute Gasteiger partial charge is 0.497 e. The normalized spacial score (nSPS) is 15.7. The van der Waals surface area contributed by atoms with Crippen LogP contribution in [0.3, 0.4) is 0 Å². The number of amides is 1. The van der Waals surface area contributed by atoms with E-state index >= 15 is 0 Å². The zero-order valence-electron chi connectivity index (χ0n) is 17.0. The number of nitrogens with zero attached hydrogens (tertiary/aromatic N) is 6. The van der Waals surface area contributed by atoms with Crippen molar-refractivity contribution < 1.29 is 9.53 Å². The fraction of sp³-hybridized carbons (Fsp3) is 0.190. The van der Waals surface area contributed by atoms with Gasteiger partial charge in [0.1, 0.15) is 5.75 Å². The van der Waals surface area contributed by atoms with Gasteiger partial charge in [0.05, 0.1) is 35.2 Å². The highest BCUT2D eigenvalue weighted by atomic mass is 32.2. The molecule has 5 rings (SSSR count). The van der Waals surface area contributed by atoms with E-state index in [0.717, 1.165) is 26.9 Å². The Morgan fingerprint density at radius 3 is 2.69 bits per heavy atom. The smallest absolute Gasteiger partial charge is 0.253 e. The predicted octanol–water partition coefficient (Wildman–Crippen LogP) is 4.26. The molecule has 0 bridgehead atoms. The van der Waals surface area contributed by atoms with Crippen LogP contribution in [0.4, 0.5) is 0 Å². The number of ether oxygens (including phenoxy) is 1. The fourth-order valence-corrected chi connectivity index (χ4v) is 5.66. The van der Waals surface area contributed by atoms with Crippen LogP contribution in [0.1, 0.15) is 22.2 Å². The number of thioether (sulfide) groups is 1. The van der Waals surface area contributed by atoms with Gasteiger partial charge in [0.15, 0.2) is 0 Å². The lowest BCUT2D eigenvalue weighted by Crippen LogP contribution is -2.28. The molecule has 1 unspecified atom stereocenters. The second-order valence-corrected chi connectivity index (χ2v) is 9.73. The van der Waals surface area contributed by atoms with Crippen molar-refractivity contribution in [1.29, 1.82) is 0 Å². The maximum Gasteiger partial charge on any atom is 0.253 e. The molecule has 162 valence electrons. The molecule has 0 fully saturated rings. The zero-order chi connectivity index (χ0) is 21.9. The first kappa shape index (κ1) is 20.9. The summed E-state index contributed by atoms with van der Waals surface area (Å²) in [5.74, 6) is 0.850. The molecule has 1 aliphatic rings. The molecule has 1 amide bonds. The molecule has 0 radical (unpaired) electrons. The van der Waals surface area contributed by atoms with E-state index in [4.69, 9.17) is 9.84 Å². The summed E-state index contributed by atoms with van der Waals surface area (Å²) in [6.45, 7) is 0. The van der Waals surface area contributed by atoms with Crippen molar-refractivity contribution in [2.45, 2.75) is 17.6 Å². The summed E-state index contributed by atoms with van der Waals surface area (Å²) in [7, 11) is 1.62. The van der Waals surface area contributed by atoms with E-state index in [1.54, 1.807) is 39.5 Å². The van der Waals surface area contributed by atoms with E-state index in [-0.39, 0.29) is 17.7 Å². The second kappa shape index (κ2) is 9.23. The Labute approximate surface area is 196 Å². The highest BCUT2D eigenvalue weighted by molar-refractivity contribution is 7.99. The summed E-state index contributed by atoms with van der Waals surface area (Å²) in [4.78, 5) is 15.4. The average molecular weight is 483 g/mol. The molecule has 4 heterocycles. The van der Waals surface area contributed by atoms with Gasteiger partial charge in [-0.1, -0.05) is 23.9 Å². The van der Waals surface area contributed by atoms with Gasteiger partial charge < -0.3 is 4.74 Å². The van der Waals surface area contributed by atoms with Gasteiger partial charge in [-0.2, -0.15) is 9.78 Å². The van der Waals surface area contributed by atoms with Crippen LogP contribution in [0.25, 0.3) is 5.69 Å². The number of benzene rings is 1. The maximum absolute atomic E-state index is 13.2. The van der Waals surface area contributed by atoms with Gasteiger partial charge in [0.2, 0.25) is 5.16 Å². The monoisotopic (exact) mass is 482 g/mol. The molecule has 0 aliphatic carbocycles. The minimum absolute atomic E-state index is 0.0794. The Kier molecular flexibility index (Phi) is 6.02. The van der Waals surface area contributed by atoms with Crippen molar-refractivity contribution in [2.24, 2.45) is 5.10 Å². The molecule has 0 saturated carbocycles. The number of rotatable bonds is 7. The second-order valence-electron chi connectivity index (χ2n) is 6.86. The molecule has 32 heavy (non-hydrogen) atoms. The number of tetrazole rings is 1. The van der Waals surface area contributed by atoms with Gasteiger partial charge in [-0.3, -0.25) is 4.79 Å². The molecule has 0 N–H and O–H groups in total. The van der Waals surface area contributed by atoms with E-state index < -0.39 is 0 Å². The number of hydrogen-bond donors (Lipinski definition) is 0. The third kappa shape index (κ3) is 4.18. The summed E-state index contributed by atoms with van der Waals surface area (Å²) < 4.78 is 6.81. The molecular weight excluding hydrogens is 464 g/mol. The van der Waals surface area contributed by atoms with Gasteiger partial charge in [0.25, 0.3) is 5.91 Å². The lowest BCUT2D eigenvalue weighted by molar-refractivity contribution is -0.130. The van der Waals surface area contributed by atoms with Gasteiger partial charge in [-0.25, -0.2) is 5.01 Å². The van der Waals surface area contributed by atoms with Crippen molar-refractivity contribution in [3.63, 3.8) is 0 Å². The summed E-state index contributed by atoms with van der Waals surface area (Å²) in [5, 5.41) is 22.8. The van der Waals surface area contributed by atoms with Crippen molar-refractivity contribution in [2.75, 3.05) is 12.9 Å². The first-order valence-electron chi connectivity index (χ1n) is 9.75. The molecule has 1 aliphatic heterocycles. The number of hydrazone groups is 1. The van der Waals surface area contributed by atoms with Crippen LogP contribution in [0.2, 0.25) is 0 Å². The number of aromatic nitrogens is 4. The van der Waals surface area contributed by atoms with Crippen LogP contribution in [-0.2, 0) is 4.79 Å². The van der Waals surface area contributed by atoms with Gasteiger partial charge >= 0.3 is 0 Å². The van der Waals surface area contributed by atoms with Crippen molar-refractivity contribution in [3.8, 4) is 11.4 Å². The SMILES string of the molecule is COc1ccc(-n2nnnc2SCC(=O)N2N=C(c3cccs3)CC2c2cccs2)cc1. The minimum atomic E-state index is -0.0854. The quantitative estimate of drug-likeness (QED) is 0.366. The minimum Gasteiger partial charge on any atom is -0.497 e. The van der Waals surface area contributed by atoms with Crippen LogP contribution in [-0.4, -0.2) is 49.7 Å². The van der Waals surface area contributed by atoms with Crippen molar-refractivity contribution in [3.05, 3.63) is 69.0 Å². The predicted molar refractivity (Wildman–Crippen MR) is 126 cm³/mol. The number of methoxy groups -OCH3 is 1. The third-order valence-corrected chi connectivity index (χ3v) is 7.72. The zero-order valence-corrected chi connectivity index (χ0v) is 19.4. The van der Waals surface area contributed by atoms with Crippen LogP contribution >= 0.6 is 34.4 Å². The first-order valence-corrected chi connectivity index (χ1v) is 12.5. The molecule has 1 aromatic carbocycles. The Hall–Kier alpha value is -3.02. The summed E-state index contributed by atoms with van der Waals surface area (Å²) >= 11 is 4.57. The lowest BCUT2D eigenvalue weighted by atomic mass is 10.1. The average Bonchev–Trinajstić information content (AvgIpc) is 3.63. The van der Waals surface area contributed by atoms with Gasteiger partial charge in [0, 0.05) is 11.3 Å². The first-order chi connectivity index (χ1) is 15.7. The highest BCUT2D eigenvalue weighted by Crippen LogP contribution is 2.36. The van der Waals surface area contributed by atoms with Crippen LogP contribution in [0.15, 0.2) is 69.5 Å². The van der Waals surface area contributed by atoms with Crippen molar-refractivity contribution in [1.82, 2.24) is 25.2 Å². The van der Waals surface area contributed by atoms with Crippen molar-refractivity contribution >= 4 is 46.1 Å². The number of hydrogen-bond acceptors (Lipinski definition) is 9. The lowest BCUT2D eigenvalue weighted by Gasteiger charge is -2.20. The molecule has 0 spiro atoms. The molecule has 11 heteroatoms. The molecule has 1 atom stereocenters. The van der Waals surface area contributed by atoms with Crippen LogP contribution in [0.5, 0.6) is 5.75 Å². The molecule has 4 aromatic rings. The third-order valence-electron chi connectivity index (χ3n) is 4.93. The van der Waals surface area contributed by atoms with E-state index in [1.807, 2.05) is 53.2 Å². The number of thiophene rings is 2.